The van der Waals surface area contributed by atoms with E-state index in [-0.39, 0.29) is 5.54 Å². The van der Waals surface area contributed by atoms with Crippen molar-refractivity contribution in [3.05, 3.63) is 0 Å². The minimum atomic E-state index is -0.531. The van der Waals surface area contributed by atoms with Gasteiger partial charge < -0.3 is 4.90 Å². The molecule has 114 valence electrons. The van der Waals surface area contributed by atoms with Gasteiger partial charge in [-0.25, -0.2) is 0 Å². The monoisotopic (exact) mass is 289 g/mol. The molecular weight excluding hydrogens is 255 g/mol. The van der Waals surface area contributed by atoms with Crippen molar-refractivity contribution in [3.63, 3.8) is 0 Å². The van der Waals surface area contributed by atoms with Gasteiger partial charge in [0.25, 0.3) is 0 Å². The topological polar surface area (TPSA) is 22.1 Å². The van der Waals surface area contributed by atoms with Crippen LogP contribution >= 0.6 is 8.01 Å². The molecule has 5 heteroatoms. The zero-order valence-corrected chi connectivity index (χ0v) is 15.2. The van der Waals surface area contributed by atoms with Crippen LogP contribution in [0.4, 0.5) is 0 Å². The van der Waals surface area contributed by atoms with Crippen LogP contribution in [0.15, 0.2) is 4.74 Å². The summed E-state index contributed by atoms with van der Waals surface area (Å²) in [4.78, 5) is 2.24. The van der Waals surface area contributed by atoms with Crippen LogP contribution in [0.3, 0.4) is 0 Å². The first-order chi connectivity index (χ1) is 8.71. The van der Waals surface area contributed by atoms with Gasteiger partial charge in [0.2, 0.25) is 0 Å². The fourth-order valence-electron chi connectivity index (χ4n) is 1.81. The molecule has 0 amide bonds. The molecule has 0 bridgehead atoms. The fourth-order valence-corrected chi connectivity index (χ4v) is 3.88. The molecule has 0 aliphatic rings. The third-order valence-electron chi connectivity index (χ3n) is 2.76. The van der Waals surface area contributed by atoms with Crippen molar-refractivity contribution in [2.75, 3.05) is 47.3 Å². The van der Waals surface area contributed by atoms with E-state index in [4.69, 9.17) is 4.74 Å². The summed E-state index contributed by atoms with van der Waals surface area (Å²) in [6, 6.07) is 0. The second-order valence-corrected chi connectivity index (χ2v) is 8.20. The fraction of sp³-hybridized carbons (Fsp3) is 1.00. The number of hydrogen-bond acceptors (Lipinski definition) is 2. The van der Waals surface area contributed by atoms with Crippen molar-refractivity contribution in [2.24, 2.45) is 4.74 Å². The van der Waals surface area contributed by atoms with Crippen LogP contribution in [0.5, 0.6) is 0 Å². The van der Waals surface area contributed by atoms with E-state index >= 15 is 0 Å². The zero-order valence-electron chi connectivity index (χ0n) is 14.3. The van der Waals surface area contributed by atoms with Gasteiger partial charge >= 0.3 is 8.01 Å². The Labute approximate surface area is 121 Å². The molecule has 0 N–H and O–H groups in total. The minimum absolute atomic E-state index is 0.0318. The quantitative estimate of drug-likeness (QED) is 0.638. The molecule has 0 rings (SSSR count). The number of rotatable bonds is 8. The third kappa shape index (κ3) is 8.69. The smallest absolute Gasteiger partial charge is 0.309 e. The summed E-state index contributed by atoms with van der Waals surface area (Å²) in [5, 5.41) is 0. The van der Waals surface area contributed by atoms with Crippen molar-refractivity contribution >= 4 is 8.01 Å². The van der Waals surface area contributed by atoms with Crippen LogP contribution in [0, 0.1) is 0 Å². The maximum Gasteiger partial charge on any atom is 0.399 e. The van der Waals surface area contributed by atoms with E-state index in [0.29, 0.717) is 0 Å². The van der Waals surface area contributed by atoms with E-state index in [1.165, 1.54) is 6.42 Å². The van der Waals surface area contributed by atoms with Crippen LogP contribution in [0.2, 0.25) is 0 Å². The number of nitrogens with zero attached hydrogens (tertiary/aromatic N) is 4. The Bertz CT molecular complexity index is 267. The molecular formula is C14H34N4P+. The molecule has 0 spiro atoms. The van der Waals surface area contributed by atoms with Crippen LogP contribution < -0.4 is 0 Å². The Hall–Kier alpha value is -0.0200. The second kappa shape index (κ2) is 9.02. The van der Waals surface area contributed by atoms with Crippen LogP contribution in [-0.2, 0) is 0 Å². The van der Waals surface area contributed by atoms with Gasteiger partial charge in [0.1, 0.15) is 0 Å². The summed E-state index contributed by atoms with van der Waals surface area (Å²) >= 11 is 0. The molecule has 0 aliphatic heterocycles. The second-order valence-electron chi connectivity index (χ2n) is 6.22. The predicted molar refractivity (Wildman–Crippen MR) is 87.8 cm³/mol. The molecule has 1 unspecified atom stereocenters. The van der Waals surface area contributed by atoms with E-state index in [1.807, 2.05) is 0 Å². The van der Waals surface area contributed by atoms with E-state index in [1.54, 1.807) is 0 Å². The Morgan fingerprint density at radius 2 is 1.47 bits per heavy atom. The lowest BCUT2D eigenvalue weighted by Gasteiger charge is -2.19. The normalized spacial score (nSPS) is 13.9. The molecule has 4 nitrogen and oxygen atoms in total. The van der Waals surface area contributed by atoms with E-state index < -0.39 is 8.01 Å². The van der Waals surface area contributed by atoms with Gasteiger partial charge in [-0.05, 0) is 61.7 Å². The highest BCUT2D eigenvalue weighted by atomic mass is 31.1. The lowest BCUT2D eigenvalue weighted by atomic mass is 10.1. The summed E-state index contributed by atoms with van der Waals surface area (Å²) in [5.74, 6) is 0. The van der Waals surface area contributed by atoms with Crippen molar-refractivity contribution in [3.8, 4) is 0 Å². The molecule has 19 heavy (non-hydrogen) atoms. The highest BCUT2D eigenvalue weighted by molar-refractivity contribution is 7.42. The first kappa shape index (κ1) is 19.0. The van der Waals surface area contributed by atoms with E-state index in [9.17, 15) is 0 Å². The Morgan fingerprint density at radius 1 is 0.947 bits per heavy atom. The Morgan fingerprint density at radius 3 is 1.84 bits per heavy atom. The molecule has 0 aliphatic carbocycles. The zero-order chi connectivity index (χ0) is 15.1. The summed E-state index contributed by atoms with van der Waals surface area (Å²) < 4.78 is 9.98. The lowest BCUT2D eigenvalue weighted by molar-refractivity contribution is 0.368. The third-order valence-corrected chi connectivity index (χ3v) is 5.43. The molecule has 0 heterocycles. The van der Waals surface area contributed by atoms with Gasteiger partial charge in [-0.1, -0.05) is 14.1 Å². The highest BCUT2D eigenvalue weighted by Gasteiger charge is 2.31. The van der Waals surface area contributed by atoms with E-state index in [2.05, 4.69) is 70.0 Å². The largest absolute Gasteiger partial charge is 0.399 e. The molecule has 0 aromatic carbocycles. The molecule has 0 aromatic heterocycles. The van der Waals surface area contributed by atoms with Crippen LogP contribution in [0.25, 0.3) is 0 Å². The Kier molecular flexibility index (Phi) is 9.01. The number of hydrogen-bond donors (Lipinski definition) is 0. The molecule has 1 atom stereocenters. The van der Waals surface area contributed by atoms with E-state index in [0.717, 1.165) is 26.2 Å². The summed E-state index contributed by atoms with van der Waals surface area (Å²) in [5.41, 5.74) is 0.0318. The van der Waals surface area contributed by atoms with Gasteiger partial charge in [0.15, 0.2) is 0 Å². The van der Waals surface area contributed by atoms with Crippen molar-refractivity contribution < 1.29 is 0 Å². The van der Waals surface area contributed by atoms with Gasteiger partial charge in [0, 0.05) is 26.7 Å². The molecule has 0 saturated heterocycles. The van der Waals surface area contributed by atoms with Gasteiger partial charge in [0.05, 0.1) is 5.54 Å². The first-order valence-corrected chi connectivity index (χ1v) is 8.54. The summed E-state index contributed by atoms with van der Waals surface area (Å²) in [6.45, 7) is 15.4. The SMILES string of the molecule is CCN(CC)[P+](=NC(C)(C)C)N(C)CCCN(C)C. The maximum atomic E-state index is 5.05. The molecule has 0 aromatic rings. The van der Waals surface area contributed by atoms with Crippen molar-refractivity contribution in [1.29, 1.82) is 0 Å². The van der Waals surface area contributed by atoms with Crippen LogP contribution in [-0.4, -0.2) is 67.1 Å². The highest BCUT2D eigenvalue weighted by Crippen LogP contribution is 2.37. The summed E-state index contributed by atoms with van der Waals surface area (Å²) in [6.07, 6.45) is 1.20. The van der Waals surface area contributed by atoms with Gasteiger partial charge in [-0.15, -0.1) is 0 Å². The standard InChI is InChI=1S/C14H34N4P/c1-9-18(10-2)19(15-14(3,4)5)17(8)13-11-12-16(6)7/h9-13H2,1-8H3/q+1. The predicted octanol–water partition coefficient (Wildman–Crippen LogP) is 3.51. The van der Waals surface area contributed by atoms with Crippen molar-refractivity contribution in [2.45, 2.75) is 46.6 Å². The average molecular weight is 289 g/mol. The van der Waals surface area contributed by atoms with Gasteiger partial charge in [-0.3, -0.25) is 0 Å². The lowest BCUT2D eigenvalue weighted by Crippen LogP contribution is -2.27. The average Bonchev–Trinajstić information content (AvgIpc) is 2.27. The first-order valence-electron chi connectivity index (χ1n) is 7.34. The summed E-state index contributed by atoms with van der Waals surface area (Å²) in [7, 11) is 5.95. The van der Waals surface area contributed by atoms with Crippen LogP contribution in [0.1, 0.15) is 41.0 Å². The Balaban J connectivity index is 4.78. The minimum Gasteiger partial charge on any atom is -0.309 e. The molecule has 0 saturated carbocycles. The molecule has 0 fully saturated rings. The maximum absolute atomic E-state index is 5.05. The van der Waals surface area contributed by atoms with Crippen molar-refractivity contribution in [1.82, 2.24) is 14.2 Å². The molecule has 0 radical (unpaired) electrons. The van der Waals surface area contributed by atoms with Gasteiger partial charge in [-0.2, -0.15) is 0 Å².